The van der Waals surface area contributed by atoms with Gasteiger partial charge in [0.1, 0.15) is 0 Å². The average Bonchev–Trinajstić information content (AvgIpc) is 2.13. The monoisotopic (exact) mass is 246 g/mol. The highest BCUT2D eigenvalue weighted by molar-refractivity contribution is 7.92. The molecule has 0 saturated carbocycles. The van der Waals surface area contributed by atoms with Crippen LogP contribution in [0.2, 0.25) is 0 Å². The topological polar surface area (TPSA) is 59.1 Å². The summed E-state index contributed by atoms with van der Waals surface area (Å²) < 4.78 is 34.7. The number of sulfone groups is 1. The van der Waals surface area contributed by atoms with Crippen LogP contribution in [0, 0.1) is 5.95 Å². The Labute approximate surface area is 94.8 Å². The van der Waals surface area contributed by atoms with Gasteiger partial charge in [-0.3, -0.25) is 0 Å². The Morgan fingerprint density at radius 2 is 2.12 bits per heavy atom. The number of anilines is 1. The Hall–Kier alpha value is -1.17. The predicted octanol–water partition coefficient (Wildman–Crippen LogP) is 1.46. The molecule has 0 aliphatic rings. The van der Waals surface area contributed by atoms with Gasteiger partial charge in [-0.05, 0) is 19.9 Å². The molecule has 0 saturated heterocycles. The van der Waals surface area contributed by atoms with E-state index >= 15 is 0 Å². The second-order valence-electron chi connectivity index (χ2n) is 4.25. The molecule has 0 radical (unpaired) electrons. The Bertz CT molecular complexity index is 471. The predicted molar refractivity (Wildman–Crippen MR) is 61.6 cm³/mol. The summed E-state index contributed by atoms with van der Waals surface area (Å²) in [6, 6.07) is 2.81. The van der Waals surface area contributed by atoms with Crippen molar-refractivity contribution in [1.29, 1.82) is 0 Å². The third-order valence-corrected chi connectivity index (χ3v) is 4.60. The van der Waals surface area contributed by atoms with Gasteiger partial charge >= 0.3 is 0 Å². The highest BCUT2D eigenvalue weighted by Gasteiger charge is 2.29. The molecular formula is C10H15FN2O2S. The number of pyridine rings is 1. The summed E-state index contributed by atoms with van der Waals surface area (Å²) >= 11 is 0. The lowest BCUT2D eigenvalue weighted by Crippen LogP contribution is -2.38. The molecular weight excluding hydrogens is 231 g/mol. The van der Waals surface area contributed by atoms with E-state index in [1.165, 1.54) is 18.5 Å². The maximum Gasteiger partial charge on any atom is 0.214 e. The number of nitrogens with zero attached hydrogens (tertiary/aromatic N) is 1. The normalized spacial score (nSPS) is 12.5. The summed E-state index contributed by atoms with van der Waals surface area (Å²) in [4.78, 5) is 3.41. The van der Waals surface area contributed by atoms with Crippen LogP contribution in [-0.4, -0.2) is 30.9 Å². The molecule has 0 unspecified atom stereocenters. The molecule has 0 atom stereocenters. The van der Waals surface area contributed by atoms with Crippen LogP contribution in [-0.2, 0) is 9.84 Å². The number of hydrogen-bond donors (Lipinski definition) is 1. The van der Waals surface area contributed by atoms with E-state index < -0.39 is 20.5 Å². The second kappa shape index (κ2) is 4.37. The zero-order valence-electron chi connectivity index (χ0n) is 9.49. The zero-order chi connectivity index (χ0) is 12.4. The van der Waals surface area contributed by atoms with Gasteiger partial charge in [-0.15, -0.1) is 0 Å². The highest BCUT2D eigenvalue weighted by Crippen LogP contribution is 2.16. The zero-order valence-corrected chi connectivity index (χ0v) is 10.3. The fourth-order valence-electron chi connectivity index (χ4n) is 0.958. The fraction of sp³-hybridized carbons (Fsp3) is 0.500. The average molecular weight is 246 g/mol. The molecule has 0 aliphatic carbocycles. The molecule has 1 rings (SSSR count). The number of hydrogen-bond acceptors (Lipinski definition) is 4. The minimum atomic E-state index is -3.15. The molecule has 0 spiro atoms. The lowest BCUT2D eigenvalue weighted by Gasteiger charge is -2.23. The molecule has 0 aliphatic heterocycles. The van der Waals surface area contributed by atoms with E-state index in [4.69, 9.17) is 0 Å². The maximum atomic E-state index is 12.8. The van der Waals surface area contributed by atoms with Gasteiger partial charge in [0.05, 0.1) is 4.75 Å². The minimum absolute atomic E-state index is 0.218. The molecule has 1 aromatic heterocycles. The van der Waals surface area contributed by atoms with Gasteiger partial charge in [-0.2, -0.15) is 4.39 Å². The van der Waals surface area contributed by atoms with E-state index in [2.05, 4.69) is 10.3 Å². The van der Waals surface area contributed by atoms with Crippen LogP contribution in [0.4, 0.5) is 10.1 Å². The quantitative estimate of drug-likeness (QED) is 0.817. The lowest BCUT2D eigenvalue weighted by atomic mass is 10.2. The Morgan fingerprint density at radius 3 is 2.62 bits per heavy atom. The summed E-state index contributed by atoms with van der Waals surface area (Å²) in [5, 5.41) is 2.87. The molecule has 0 fully saturated rings. The van der Waals surface area contributed by atoms with E-state index in [0.717, 1.165) is 0 Å². The molecule has 6 heteroatoms. The molecule has 1 N–H and O–H groups in total. The van der Waals surface area contributed by atoms with Crippen LogP contribution in [0.3, 0.4) is 0 Å². The smallest absolute Gasteiger partial charge is 0.214 e. The van der Waals surface area contributed by atoms with Crippen LogP contribution in [0.1, 0.15) is 13.8 Å². The van der Waals surface area contributed by atoms with Gasteiger partial charge in [0.25, 0.3) is 0 Å². The van der Waals surface area contributed by atoms with E-state index in [-0.39, 0.29) is 6.54 Å². The van der Waals surface area contributed by atoms with Crippen molar-refractivity contribution < 1.29 is 12.8 Å². The van der Waals surface area contributed by atoms with Gasteiger partial charge in [0, 0.05) is 30.8 Å². The first kappa shape index (κ1) is 12.9. The van der Waals surface area contributed by atoms with Gasteiger partial charge in [0.15, 0.2) is 9.84 Å². The largest absolute Gasteiger partial charge is 0.383 e. The summed E-state index contributed by atoms with van der Waals surface area (Å²) in [6.07, 6.45) is 2.51. The van der Waals surface area contributed by atoms with Gasteiger partial charge < -0.3 is 5.32 Å². The Morgan fingerprint density at radius 1 is 1.50 bits per heavy atom. The fourth-order valence-corrected chi connectivity index (χ4v) is 1.29. The van der Waals surface area contributed by atoms with Crippen molar-refractivity contribution in [2.24, 2.45) is 0 Å². The van der Waals surface area contributed by atoms with Gasteiger partial charge in [-0.25, -0.2) is 13.4 Å². The number of nitrogens with one attached hydrogen (secondary N) is 1. The first-order valence-electron chi connectivity index (χ1n) is 4.77. The SMILES string of the molecule is CC(C)(CNc1ccnc(F)c1)S(C)(=O)=O. The first-order valence-corrected chi connectivity index (χ1v) is 6.66. The van der Waals surface area contributed by atoms with Crippen molar-refractivity contribution in [3.8, 4) is 0 Å². The first-order chi connectivity index (χ1) is 7.22. The molecule has 90 valence electrons. The molecule has 1 aromatic rings. The number of rotatable bonds is 4. The van der Waals surface area contributed by atoms with Crippen molar-refractivity contribution in [2.75, 3.05) is 18.1 Å². The van der Waals surface area contributed by atoms with Crippen molar-refractivity contribution in [1.82, 2.24) is 4.98 Å². The van der Waals surface area contributed by atoms with Crippen molar-refractivity contribution in [2.45, 2.75) is 18.6 Å². The third-order valence-electron chi connectivity index (χ3n) is 2.45. The van der Waals surface area contributed by atoms with Crippen molar-refractivity contribution in [3.05, 3.63) is 24.3 Å². The molecule has 0 bridgehead atoms. The van der Waals surface area contributed by atoms with Gasteiger partial charge in [-0.1, -0.05) is 0 Å². The summed E-state index contributed by atoms with van der Waals surface area (Å²) in [7, 11) is -3.15. The van der Waals surface area contributed by atoms with E-state index in [0.29, 0.717) is 5.69 Å². The highest BCUT2D eigenvalue weighted by atomic mass is 32.2. The van der Waals surface area contributed by atoms with E-state index in [1.807, 2.05) is 0 Å². The summed E-state index contributed by atoms with van der Waals surface area (Å²) in [5.41, 5.74) is 0.518. The van der Waals surface area contributed by atoms with E-state index in [9.17, 15) is 12.8 Å². The van der Waals surface area contributed by atoms with Crippen LogP contribution < -0.4 is 5.32 Å². The van der Waals surface area contributed by atoms with Crippen LogP contribution in [0.25, 0.3) is 0 Å². The molecule has 4 nitrogen and oxygen atoms in total. The molecule has 1 heterocycles. The van der Waals surface area contributed by atoms with Crippen molar-refractivity contribution >= 4 is 15.5 Å². The summed E-state index contributed by atoms with van der Waals surface area (Å²) in [6.45, 7) is 3.45. The number of halogens is 1. The molecule has 0 amide bonds. The third kappa shape index (κ3) is 3.16. The van der Waals surface area contributed by atoms with Crippen LogP contribution in [0.5, 0.6) is 0 Å². The Balaban J connectivity index is 2.72. The van der Waals surface area contributed by atoms with E-state index in [1.54, 1.807) is 19.9 Å². The number of aromatic nitrogens is 1. The lowest BCUT2D eigenvalue weighted by molar-refractivity contribution is 0.559. The maximum absolute atomic E-state index is 12.8. The van der Waals surface area contributed by atoms with Crippen molar-refractivity contribution in [3.63, 3.8) is 0 Å². The minimum Gasteiger partial charge on any atom is -0.383 e. The Kier molecular flexibility index (Phi) is 3.52. The second-order valence-corrected chi connectivity index (χ2v) is 6.90. The van der Waals surface area contributed by atoms with Crippen LogP contribution in [0.15, 0.2) is 18.3 Å². The van der Waals surface area contributed by atoms with Crippen LogP contribution >= 0.6 is 0 Å². The molecule has 16 heavy (non-hydrogen) atoms. The summed E-state index contributed by atoms with van der Waals surface area (Å²) in [5.74, 6) is -0.595. The molecule has 0 aromatic carbocycles. The standard InChI is InChI=1S/C10H15FN2O2S/c1-10(2,16(3,14)15)7-13-8-4-5-12-9(11)6-8/h4-6H,7H2,1-3H3,(H,12,13). The van der Waals surface area contributed by atoms with Gasteiger partial charge in [0.2, 0.25) is 5.95 Å².